The molecular formula is C16H30F3N5O2S. The van der Waals surface area contributed by atoms with E-state index in [0.717, 1.165) is 19.5 Å². The van der Waals surface area contributed by atoms with Gasteiger partial charge in [0.15, 0.2) is 5.96 Å². The lowest BCUT2D eigenvalue weighted by molar-refractivity contribution is -0.0494. The van der Waals surface area contributed by atoms with E-state index in [2.05, 4.69) is 27.4 Å². The molecule has 0 aromatic heterocycles. The minimum Gasteiger partial charge on any atom is -0.357 e. The van der Waals surface area contributed by atoms with E-state index in [-0.39, 0.29) is 19.1 Å². The van der Waals surface area contributed by atoms with Gasteiger partial charge in [0.25, 0.3) is 0 Å². The zero-order valence-electron chi connectivity index (χ0n) is 15.9. The molecular weight excluding hydrogens is 383 g/mol. The first-order chi connectivity index (χ1) is 12.7. The maximum atomic E-state index is 12.7. The Labute approximate surface area is 159 Å². The van der Waals surface area contributed by atoms with Crippen molar-refractivity contribution >= 4 is 16.0 Å². The molecule has 0 aliphatic carbocycles. The second kappa shape index (κ2) is 9.42. The third-order valence-electron chi connectivity index (χ3n) is 5.14. The molecule has 7 nitrogen and oxygen atoms in total. The molecule has 0 saturated carbocycles. The summed E-state index contributed by atoms with van der Waals surface area (Å²) in [5, 5.41) is 6.40. The van der Waals surface area contributed by atoms with E-state index in [0.29, 0.717) is 42.2 Å². The molecule has 2 heterocycles. The Kier molecular flexibility index (Phi) is 7.75. The number of likely N-dealkylation sites (tertiary alicyclic amines) is 1. The molecule has 0 amide bonds. The average Bonchev–Trinajstić information content (AvgIpc) is 3.07. The molecule has 0 aromatic rings. The van der Waals surface area contributed by atoms with E-state index in [1.165, 1.54) is 6.42 Å². The molecule has 158 valence electrons. The normalized spacial score (nSPS) is 24.3. The van der Waals surface area contributed by atoms with Gasteiger partial charge in [-0.25, -0.2) is 8.42 Å². The topological polar surface area (TPSA) is 77.0 Å². The maximum absolute atomic E-state index is 12.7. The summed E-state index contributed by atoms with van der Waals surface area (Å²) >= 11 is 0. The van der Waals surface area contributed by atoms with Gasteiger partial charge in [-0.1, -0.05) is 6.92 Å². The van der Waals surface area contributed by atoms with Crippen molar-refractivity contribution in [3.05, 3.63) is 0 Å². The molecule has 1 atom stereocenters. The lowest BCUT2D eigenvalue weighted by atomic mass is 10.1. The fraction of sp³-hybridized carbons (Fsp3) is 0.938. The van der Waals surface area contributed by atoms with Crippen LogP contribution in [0.25, 0.3) is 0 Å². The molecule has 1 unspecified atom stereocenters. The Morgan fingerprint density at radius 2 is 1.81 bits per heavy atom. The van der Waals surface area contributed by atoms with Gasteiger partial charge >= 0.3 is 15.5 Å². The number of nitrogens with one attached hydrogen (secondary N) is 2. The van der Waals surface area contributed by atoms with E-state index in [1.54, 1.807) is 0 Å². The Bertz CT molecular complexity index is 604. The largest absolute Gasteiger partial charge is 0.511 e. The monoisotopic (exact) mass is 413 g/mol. The van der Waals surface area contributed by atoms with Crippen LogP contribution in [0.4, 0.5) is 13.2 Å². The number of nitrogens with zero attached hydrogens (tertiary/aromatic N) is 3. The van der Waals surface area contributed by atoms with Crippen LogP contribution >= 0.6 is 0 Å². The number of likely N-dealkylation sites (N-methyl/N-ethyl adjacent to an activating group) is 1. The first kappa shape index (κ1) is 22.2. The molecule has 27 heavy (non-hydrogen) atoms. The standard InChI is InChI=1S/C16H30F3N5O2S/c1-3-20-15(21-12-14-6-5-9-23(14)4-2)22-13-7-10-24(11-8-13)27(25,26)16(17,18)19/h13-14H,3-12H2,1-2H3,(H2,20,21,22). The van der Waals surface area contributed by atoms with Crippen molar-refractivity contribution in [1.29, 1.82) is 0 Å². The van der Waals surface area contributed by atoms with Gasteiger partial charge in [-0.05, 0) is 45.7 Å². The van der Waals surface area contributed by atoms with Crippen LogP contribution in [-0.2, 0) is 10.0 Å². The van der Waals surface area contributed by atoms with Crippen LogP contribution in [0, 0.1) is 0 Å². The zero-order valence-corrected chi connectivity index (χ0v) is 16.7. The molecule has 2 rings (SSSR count). The summed E-state index contributed by atoms with van der Waals surface area (Å²) in [6.45, 7) is 7.22. The number of alkyl halides is 3. The molecule has 11 heteroatoms. The van der Waals surface area contributed by atoms with E-state index >= 15 is 0 Å². The van der Waals surface area contributed by atoms with Crippen molar-refractivity contribution in [2.45, 2.75) is 57.1 Å². The van der Waals surface area contributed by atoms with Crippen molar-refractivity contribution in [1.82, 2.24) is 19.8 Å². The number of hydrogen-bond acceptors (Lipinski definition) is 4. The van der Waals surface area contributed by atoms with E-state index in [4.69, 9.17) is 0 Å². The number of halogens is 3. The van der Waals surface area contributed by atoms with Crippen molar-refractivity contribution in [3.63, 3.8) is 0 Å². The van der Waals surface area contributed by atoms with Gasteiger partial charge in [-0.3, -0.25) is 9.89 Å². The third kappa shape index (κ3) is 5.71. The molecule has 2 aliphatic heterocycles. The van der Waals surface area contributed by atoms with Crippen LogP contribution in [0.3, 0.4) is 0 Å². The fourth-order valence-electron chi connectivity index (χ4n) is 3.62. The van der Waals surface area contributed by atoms with Gasteiger partial charge in [0.1, 0.15) is 0 Å². The second-order valence-electron chi connectivity index (χ2n) is 6.91. The van der Waals surface area contributed by atoms with Crippen molar-refractivity contribution < 1.29 is 21.6 Å². The number of piperidine rings is 1. The fourth-order valence-corrected chi connectivity index (χ4v) is 4.60. The Morgan fingerprint density at radius 1 is 1.15 bits per heavy atom. The predicted octanol–water partition coefficient (Wildman–Crippen LogP) is 1.34. The summed E-state index contributed by atoms with van der Waals surface area (Å²) in [5.74, 6) is 0.637. The quantitative estimate of drug-likeness (QED) is 0.508. The molecule has 0 aromatic carbocycles. The Balaban J connectivity index is 1.90. The number of hydrogen-bond donors (Lipinski definition) is 2. The van der Waals surface area contributed by atoms with Crippen molar-refractivity contribution in [3.8, 4) is 0 Å². The lowest BCUT2D eigenvalue weighted by Crippen LogP contribution is -2.51. The molecule has 2 aliphatic rings. The van der Waals surface area contributed by atoms with Crippen LogP contribution < -0.4 is 10.6 Å². The van der Waals surface area contributed by atoms with Gasteiger partial charge in [-0.15, -0.1) is 0 Å². The first-order valence-electron chi connectivity index (χ1n) is 9.54. The van der Waals surface area contributed by atoms with Crippen molar-refractivity contribution in [2.75, 3.05) is 39.3 Å². The average molecular weight is 414 g/mol. The highest BCUT2D eigenvalue weighted by atomic mass is 32.2. The number of aliphatic imine (C=N–C) groups is 1. The summed E-state index contributed by atoms with van der Waals surface area (Å²) in [5.41, 5.74) is -5.24. The first-order valence-corrected chi connectivity index (χ1v) is 11.0. The maximum Gasteiger partial charge on any atom is 0.511 e. The molecule has 0 spiro atoms. The predicted molar refractivity (Wildman–Crippen MR) is 99.0 cm³/mol. The molecule has 2 saturated heterocycles. The minimum atomic E-state index is -5.24. The number of rotatable bonds is 6. The van der Waals surface area contributed by atoms with Crippen LogP contribution in [0.5, 0.6) is 0 Å². The minimum absolute atomic E-state index is 0.103. The SMILES string of the molecule is CCNC(=NCC1CCCN1CC)NC1CCN(S(=O)(=O)C(F)(F)F)CC1. The summed E-state index contributed by atoms with van der Waals surface area (Å²) in [6, 6.07) is 0.317. The van der Waals surface area contributed by atoms with Crippen LogP contribution in [0.15, 0.2) is 4.99 Å². The summed E-state index contributed by atoms with van der Waals surface area (Å²) < 4.78 is 61.5. The molecule has 0 bridgehead atoms. The molecule has 0 radical (unpaired) electrons. The van der Waals surface area contributed by atoms with Crippen LogP contribution in [0.2, 0.25) is 0 Å². The second-order valence-corrected chi connectivity index (χ2v) is 8.84. The van der Waals surface area contributed by atoms with Crippen molar-refractivity contribution in [2.24, 2.45) is 4.99 Å². The smallest absolute Gasteiger partial charge is 0.357 e. The summed E-state index contributed by atoms with van der Waals surface area (Å²) in [7, 11) is -5.24. The highest BCUT2D eigenvalue weighted by molar-refractivity contribution is 7.90. The third-order valence-corrected chi connectivity index (χ3v) is 6.77. The van der Waals surface area contributed by atoms with Gasteiger partial charge in [0.05, 0.1) is 6.54 Å². The van der Waals surface area contributed by atoms with Gasteiger partial charge in [0.2, 0.25) is 0 Å². The van der Waals surface area contributed by atoms with Gasteiger partial charge in [0, 0.05) is 31.7 Å². The highest BCUT2D eigenvalue weighted by Crippen LogP contribution is 2.28. The van der Waals surface area contributed by atoms with Crippen LogP contribution in [0.1, 0.15) is 39.5 Å². The van der Waals surface area contributed by atoms with E-state index in [9.17, 15) is 21.6 Å². The van der Waals surface area contributed by atoms with Crippen LogP contribution in [-0.4, -0.2) is 80.4 Å². The molecule has 2 fully saturated rings. The lowest BCUT2D eigenvalue weighted by Gasteiger charge is -2.32. The zero-order chi connectivity index (χ0) is 20.1. The van der Waals surface area contributed by atoms with Gasteiger partial charge in [-0.2, -0.15) is 17.5 Å². The highest BCUT2D eigenvalue weighted by Gasteiger charge is 2.50. The van der Waals surface area contributed by atoms with Gasteiger partial charge < -0.3 is 10.6 Å². The Morgan fingerprint density at radius 3 is 2.37 bits per heavy atom. The summed E-state index contributed by atoms with van der Waals surface area (Å²) in [6.07, 6.45) is 2.91. The van der Waals surface area contributed by atoms with E-state index < -0.39 is 15.5 Å². The number of guanidine groups is 1. The number of sulfonamides is 1. The molecule has 2 N–H and O–H groups in total. The Hall–Kier alpha value is -1.07. The van der Waals surface area contributed by atoms with E-state index in [1.807, 2.05) is 6.92 Å². The summed E-state index contributed by atoms with van der Waals surface area (Å²) in [4.78, 5) is 7.03.